The monoisotopic (exact) mass is 252 g/mol. The average Bonchev–Trinajstić information content (AvgIpc) is 2.88. The average molecular weight is 252 g/mol. The number of carbonyl (C=O) groups excluding carboxylic acids is 1. The molecule has 0 bridgehead atoms. The van der Waals surface area contributed by atoms with Gasteiger partial charge >= 0.3 is 0 Å². The molecule has 3 heteroatoms. The van der Waals surface area contributed by atoms with E-state index in [2.05, 4.69) is 11.2 Å². The van der Waals surface area contributed by atoms with Gasteiger partial charge in [-0.05, 0) is 24.6 Å². The van der Waals surface area contributed by atoms with Crippen LogP contribution >= 0.6 is 0 Å². The van der Waals surface area contributed by atoms with Crippen molar-refractivity contribution in [2.24, 2.45) is 0 Å². The summed E-state index contributed by atoms with van der Waals surface area (Å²) in [7, 11) is 0. The van der Waals surface area contributed by atoms with Gasteiger partial charge in [0.25, 0.3) is 5.91 Å². The van der Waals surface area contributed by atoms with E-state index in [0.717, 1.165) is 5.56 Å². The molecule has 0 radical (unpaired) electrons. The third kappa shape index (κ3) is 3.26. The van der Waals surface area contributed by atoms with Gasteiger partial charge in [0.05, 0.1) is 6.04 Å². The Balaban J connectivity index is 2.14. The molecule has 0 aliphatic rings. The number of aromatic nitrogens is 1. The van der Waals surface area contributed by atoms with Crippen molar-refractivity contribution in [2.75, 3.05) is 0 Å². The second-order valence-electron chi connectivity index (χ2n) is 4.37. The number of rotatable bonds is 4. The number of amides is 1. The molecule has 0 aliphatic carbocycles. The van der Waals surface area contributed by atoms with Crippen LogP contribution in [0.5, 0.6) is 0 Å². The number of benzene rings is 1. The summed E-state index contributed by atoms with van der Waals surface area (Å²) in [4.78, 5) is 12.1. The highest BCUT2D eigenvalue weighted by molar-refractivity contribution is 5.93. The van der Waals surface area contributed by atoms with Crippen molar-refractivity contribution in [3.05, 3.63) is 59.9 Å². The molecular weight excluding hydrogens is 236 g/mol. The first-order valence-corrected chi connectivity index (χ1v) is 6.17. The lowest BCUT2D eigenvalue weighted by Crippen LogP contribution is -2.32. The van der Waals surface area contributed by atoms with E-state index in [-0.39, 0.29) is 11.9 Å². The summed E-state index contributed by atoms with van der Waals surface area (Å²) < 4.78 is 1.91. The van der Waals surface area contributed by atoms with E-state index in [4.69, 9.17) is 6.42 Å². The summed E-state index contributed by atoms with van der Waals surface area (Å²) in [6.45, 7) is 2.45. The standard InChI is InChI=1S/C16H16N2O/c1-3-13(2)17-16(19)15-10-7-11-18(15)12-14-8-5-4-6-9-14/h1,4-11,13H,12H2,2H3,(H,17,19). The molecule has 1 aromatic carbocycles. The quantitative estimate of drug-likeness (QED) is 0.832. The number of nitrogens with zero attached hydrogens (tertiary/aromatic N) is 1. The largest absolute Gasteiger partial charge is 0.339 e. The number of nitrogens with one attached hydrogen (secondary N) is 1. The minimum Gasteiger partial charge on any atom is -0.339 e. The van der Waals surface area contributed by atoms with Gasteiger partial charge in [-0.25, -0.2) is 0 Å². The predicted octanol–water partition coefficient (Wildman–Crippen LogP) is 2.29. The first kappa shape index (κ1) is 13.0. The molecule has 0 saturated carbocycles. The van der Waals surface area contributed by atoms with Crippen molar-refractivity contribution >= 4 is 5.91 Å². The van der Waals surface area contributed by atoms with E-state index in [1.54, 1.807) is 13.0 Å². The van der Waals surface area contributed by atoms with Crippen LogP contribution in [0.2, 0.25) is 0 Å². The molecule has 1 heterocycles. The topological polar surface area (TPSA) is 34.0 Å². The lowest BCUT2D eigenvalue weighted by atomic mass is 10.2. The van der Waals surface area contributed by atoms with E-state index >= 15 is 0 Å². The van der Waals surface area contributed by atoms with Crippen LogP contribution in [0.1, 0.15) is 23.0 Å². The molecule has 0 spiro atoms. The van der Waals surface area contributed by atoms with Gasteiger partial charge in [-0.1, -0.05) is 36.3 Å². The Morgan fingerprint density at radius 1 is 1.32 bits per heavy atom. The van der Waals surface area contributed by atoms with Gasteiger partial charge < -0.3 is 9.88 Å². The lowest BCUT2D eigenvalue weighted by molar-refractivity contribution is 0.0939. The third-order valence-corrected chi connectivity index (χ3v) is 2.86. The molecule has 0 aliphatic heterocycles. The van der Waals surface area contributed by atoms with Crippen LogP contribution < -0.4 is 5.32 Å². The normalized spacial score (nSPS) is 11.6. The first-order chi connectivity index (χ1) is 9.20. The van der Waals surface area contributed by atoms with Crippen LogP contribution in [0.15, 0.2) is 48.7 Å². The summed E-state index contributed by atoms with van der Waals surface area (Å²) in [6, 6.07) is 13.4. The highest BCUT2D eigenvalue weighted by atomic mass is 16.2. The molecule has 2 aromatic rings. The summed E-state index contributed by atoms with van der Waals surface area (Å²) >= 11 is 0. The fraction of sp³-hybridized carbons (Fsp3) is 0.188. The second kappa shape index (κ2) is 5.92. The molecule has 3 nitrogen and oxygen atoms in total. The number of hydrogen-bond acceptors (Lipinski definition) is 1. The Hall–Kier alpha value is -2.47. The molecule has 19 heavy (non-hydrogen) atoms. The minimum absolute atomic E-state index is 0.147. The Morgan fingerprint density at radius 2 is 2.05 bits per heavy atom. The van der Waals surface area contributed by atoms with Crippen molar-refractivity contribution in [1.82, 2.24) is 9.88 Å². The summed E-state index contributed by atoms with van der Waals surface area (Å²) in [6.07, 6.45) is 7.16. The molecule has 1 unspecified atom stereocenters. The first-order valence-electron chi connectivity index (χ1n) is 6.17. The van der Waals surface area contributed by atoms with Gasteiger partial charge in [0.1, 0.15) is 5.69 Å². The van der Waals surface area contributed by atoms with Crippen molar-refractivity contribution in [3.8, 4) is 12.3 Å². The van der Waals surface area contributed by atoms with Crippen molar-refractivity contribution < 1.29 is 4.79 Å². The van der Waals surface area contributed by atoms with Gasteiger partial charge in [-0.15, -0.1) is 6.42 Å². The Labute approximate surface area is 113 Å². The van der Waals surface area contributed by atoms with E-state index < -0.39 is 0 Å². The fourth-order valence-corrected chi connectivity index (χ4v) is 1.85. The van der Waals surface area contributed by atoms with Gasteiger partial charge in [-0.2, -0.15) is 0 Å². The van der Waals surface area contributed by atoms with Gasteiger partial charge in [0.2, 0.25) is 0 Å². The maximum atomic E-state index is 12.1. The van der Waals surface area contributed by atoms with Crippen molar-refractivity contribution in [3.63, 3.8) is 0 Å². The second-order valence-corrected chi connectivity index (χ2v) is 4.37. The number of hydrogen-bond donors (Lipinski definition) is 1. The smallest absolute Gasteiger partial charge is 0.268 e. The Morgan fingerprint density at radius 3 is 2.74 bits per heavy atom. The van der Waals surface area contributed by atoms with Crippen LogP contribution in [0.4, 0.5) is 0 Å². The van der Waals surface area contributed by atoms with Gasteiger partial charge in [0, 0.05) is 12.7 Å². The minimum atomic E-state index is -0.271. The lowest BCUT2D eigenvalue weighted by Gasteiger charge is -2.11. The molecule has 0 fully saturated rings. The maximum Gasteiger partial charge on any atom is 0.268 e. The van der Waals surface area contributed by atoms with Crippen molar-refractivity contribution in [2.45, 2.75) is 19.5 Å². The maximum absolute atomic E-state index is 12.1. The van der Waals surface area contributed by atoms with Crippen molar-refractivity contribution in [1.29, 1.82) is 0 Å². The third-order valence-electron chi connectivity index (χ3n) is 2.86. The molecule has 1 aromatic heterocycles. The molecular formula is C16H16N2O. The summed E-state index contributed by atoms with van der Waals surface area (Å²) in [5.74, 6) is 2.34. The molecule has 1 atom stereocenters. The number of carbonyl (C=O) groups is 1. The van der Waals surface area contributed by atoms with Gasteiger partial charge in [-0.3, -0.25) is 4.79 Å². The zero-order valence-corrected chi connectivity index (χ0v) is 10.8. The van der Waals surface area contributed by atoms with E-state index in [1.165, 1.54) is 0 Å². The SMILES string of the molecule is C#CC(C)NC(=O)c1cccn1Cc1ccccc1. The zero-order valence-electron chi connectivity index (χ0n) is 10.8. The number of terminal acetylenes is 1. The zero-order chi connectivity index (χ0) is 13.7. The van der Waals surface area contributed by atoms with Crippen LogP contribution in [0.3, 0.4) is 0 Å². The van der Waals surface area contributed by atoms with Crippen LogP contribution in [-0.2, 0) is 6.54 Å². The summed E-state index contributed by atoms with van der Waals surface area (Å²) in [5.41, 5.74) is 1.77. The predicted molar refractivity (Wildman–Crippen MR) is 75.7 cm³/mol. The van der Waals surface area contributed by atoms with Gasteiger partial charge in [0.15, 0.2) is 0 Å². The Kier molecular flexibility index (Phi) is 4.04. The highest BCUT2D eigenvalue weighted by Crippen LogP contribution is 2.08. The molecule has 0 saturated heterocycles. The molecule has 1 amide bonds. The van der Waals surface area contributed by atoms with E-state index in [0.29, 0.717) is 12.2 Å². The van der Waals surface area contributed by atoms with Crippen LogP contribution in [0.25, 0.3) is 0 Å². The highest BCUT2D eigenvalue weighted by Gasteiger charge is 2.12. The summed E-state index contributed by atoms with van der Waals surface area (Å²) in [5, 5.41) is 2.76. The molecule has 1 N–H and O–H groups in total. The molecule has 96 valence electrons. The fourth-order valence-electron chi connectivity index (χ4n) is 1.85. The van der Waals surface area contributed by atoms with E-state index in [1.807, 2.05) is 47.2 Å². The van der Waals surface area contributed by atoms with E-state index in [9.17, 15) is 4.79 Å². The Bertz CT molecular complexity index is 593. The molecule has 2 rings (SSSR count). The van der Waals surface area contributed by atoms with Crippen LogP contribution in [-0.4, -0.2) is 16.5 Å². The van der Waals surface area contributed by atoms with Crippen LogP contribution in [0, 0.1) is 12.3 Å².